The van der Waals surface area contributed by atoms with Crippen LogP contribution in [0.2, 0.25) is 5.02 Å². The molecule has 8 heteroatoms. The Kier molecular flexibility index (Phi) is 5.02. The van der Waals surface area contributed by atoms with Gasteiger partial charge in [-0.05, 0) is 50.8 Å². The number of fused-ring (bicyclic) bond motifs is 7. The topological polar surface area (TPSA) is 59.1 Å². The Morgan fingerprint density at radius 3 is 2.53 bits per heavy atom. The van der Waals surface area contributed by atoms with Crippen LogP contribution in [0.4, 0.5) is 5.69 Å². The minimum Gasteiger partial charge on any atom is -0.472 e. The fraction of sp³-hybridized carbons (Fsp3) is 0.667. The Labute approximate surface area is 193 Å². The molecule has 0 spiro atoms. The monoisotopic (exact) mass is 460 g/mol. The molecule has 1 aromatic rings. The van der Waals surface area contributed by atoms with Gasteiger partial charge in [0.25, 0.3) is 0 Å². The number of rotatable bonds is 3. The first-order valence-electron chi connectivity index (χ1n) is 12.0. The molecule has 7 nitrogen and oxygen atoms in total. The van der Waals surface area contributed by atoms with Crippen molar-refractivity contribution >= 4 is 29.2 Å². The summed E-state index contributed by atoms with van der Waals surface area (Å²) in [5.74, 6) is 1.20. The summed E-state index contributed by atoms with van der Waals surface area (Å²) >= 11 is 6.52. The largest absolute Gasteiger partial charge is 0.472 e. The normalized spacial score (nSPS) is 40.0. The van der Waals surface area contributed by atoms with Crippen molar-refractivity contribution in [2.75, 3.05) is 46.4 Å². The van der Waals surface area contributed by atoms with E-state index in [2.05, 4.69) is 9.80 Å². The Bertz CT molecular complexity index is 955. The lowest BCUT2D eigenvalue weighted by Gasteiger charge is -2.52. The van der Waals surface area contributed by atoms with Gasteiger partial charge in [0.1, 0.15) is 11.6 Å². The number of hydrogen-bond donors (Lipinski definition) is 0. The molecule has 0 aliphatic carbocycles. The molecule has 32 heavy (non-hydrogen) atoms. The fourth-order valence-electron chi connectivity index (χ4n) is 6.73. The van der Waals surface area contributed by atoms with Crippen LogP contribution >= 0.6 is 11.6 Å². The molecular formula is C24H31ClN3O4+. The number of ether oxygens (including phenoxy) is 2. The van der Waals surface area contributed by atoms with Crippen molar-refractivity contribution in [3.8, 4) is 5.75 Å². The molecule has 0 saturated carbocycles. The molecule has 7 aliphatic rings. The second kappa shape index (κ2) is 7.69. The summed E-state index contributed by atoms with van der Waals surface area (Å²) in [6.45, 7) is 5.02. The Morgan fingerprint density at radius 2 is 1.91 bits per heavy atom. The first kappa shape index (κ1) is 20.9. The molecule has 7 heterocycles. The molecule has 0 aromatic heterocycles. The summed E-state index contributed by atoms with van der Waals surface area (Å²) in [4.78, 5) is 31.3. The van der Waals surface area contributed by atoms with Crippen LogP contribution in [0.5, 0.6) is 5.75 Å². The maximum absolute atomic E-state index is 13.3. The summed E-state index contributed by atoms with van der Waals surface area (Å²) < 4.78 is 12.0. The lowest BCUT2D eigenvalue weighted by atomic mass is 9.81. The van der Waals surface area contributed by atoms with Crippen molar-refractivity contribution in [2.24, 2.45) is 11.8 Å². The quantitative estimate of drug-likeness (QED) is 0.510. The van der Waals surface area contributed by atoms with Gasteiger partial charge in [0.15, 0.2) is 17.7 Å². The third kappa shape index (κ3) is 3.20. The molecule has 4 bridgehead atoms. The second-order valence-electron chi connectivity index (χ2n) is 10.3. The number of halogens is 1. The van der Waals surface area contributed by atoms with Gasteiger partial charge in [0, 0.05) is 36.5 Å². The summed E-state index contributed by atoms with van der Waals surface area (Å²) in [5.41, 5.74) is 1.04. The van der Waals surface area contributed by atoms with Crippen LogP contribution in [0.15, 0.2) is 12.1 Å². The SMILES string of the molecule is C[N+]1(C2CN3CCC2CC3)C(=O)COc2c(C(=O)OC3CC4CCN3CC4)cc(Cl)cc21. The van der Waals surface area contributed by atoms with Gasteiger partial charge in [0.2, 0.25) is 6.61 Å². The van der Waals surface area contributed by atoms with E-state index in [9.17, 15) is 9.59 Å². The average molecular weight is 461 g/mol. The number of quaternary nitrogens is 1. The average Bonchev–Trinajstić information content (AvgIpc) is 2.83. The summed E-state index contributed by atoms with van der Waals surface area (Å²) in [5, 5.41) is 0.435. The fourth-order valence-corrected chi connectivity index (χ4v) is 6.95. The van der Waals surface area contributed by atoms with Gasteiger partial charge < -0.3 is 9.47 Å². The van der Waals surface area contributed by atoms with Gasteiger partial charge in [-0.2, -0.15) is 0 Å². The van der Waals surface area contributed by atoms with Crippen molar-refractivity contribution in [3.05, 3.63) is 22.7 Å². The van der Waals surface area contributed by atoms with Crippen LogP contribution in [0.3, 0.4) is 0 Å². The van der Waals surface area contributed by atoms with E-state index >= 15 is 0 Å². The number of carbonyl (C=O) groups excluding carboxylic acids is 2. The standard InChI is InChI=1S/C24H31ClN3O4/c1-28(20-13-26-6-4-16(20)5-7-26)19-12-17(25)11-18(23(19)31-14-22(28)29)24(30)32-21-10-15-2-8-27(21)9-3-15/h11-12,15-16,20-21H,2-10,13-14H2,1H3/q+1. The van der Waals surface area contributed by atoms with Crippen LogP contribution in [-0.4, -0.2) is 80.3 Å². The lowest BCUT2D eigenvalue weighted by Crippen LogP contribution is -2.70. The predicted octanol–water partition coefficient (Wildman–Crippen LogP) is 2.89. The van der Waals surface area contributed by atoms with Crippen molar-refractivity contribution in [1.82, 2.24) is 14.3 Å². The molecule has 6 fully saturated rings. The van der Waals surface area contributed by atoms with Crippen molar-refractivity contribution in [2.45, 2.75) is 44.4 Å². The maximum Gasteiger partial charge on any atom is 0.356 e. The summed E-state index contributed by atoms with van der Waals surface area (Å²) in [6, 6.07) is 3.60. The number of amides is 1. The zero-order chi connectivity index (χ0) is 22.0. The molecule has 0 N–H and O–H groups in total. The molecule has 8 rings (SSSR count). The van der Waals surface area contributed by atoms with Gasteiger partial charge in [-0.1, -0.05) is 11.6 Å². The van der Waals surface area contributed by atoms with Crippen LogP contribution in [0.1, 0.15) is 42.5 Å². The number of nitrogens with zero attached hydrogens (tertiary/aromatic N) is 3. The van der Waals surface area contributed by atoms with E-state index in [-0.39, 0.29) is 29.3 Å². The van der Waals surface area contributed by atoms with Crippen LogP contribution in [-0.2, 0) is 9.53 Å². The lowest BCUT2D eigenvalue weighted by molar-refractivity contribution is -0.139. The smallest absolute Gasteiger partial charge is 0.356 e. The van der Waals surface area contributed by atoms with Gasteiger partial charge in [-0.25, -0.2) is 14.1 Å². The number of benzene rings is 1. The van der Waals surface area contributed by atoms with E-state index in [4.69, 9.17) is 21.1 Å². The minimum atomic E-state index is -0.406. The summed E-state index contributed by atoms with van der Waals surface area (Å²) in [6.07, 6.45) is 5.29. The van der Waals surface area contributed by atoms with Gasteiger partial charge in [0.05, 0.1) is 13.6 Å². The van der Waals surface area contributed by atoms with Gasteiger partial charge in [-0.3, -0.25) is 9.80 Å². The van der Waals surface area contributed by atoms with Crippen molar-refractivity contribution in [1.29, 1.82) is 0 Å². The number of likely N-dealkylation sites (N-methyl/N-ethyl adjacent to an activating group) is 1. The van der Waals surface area contributed by atoms with Crippen LogP contribution < -0.4 is 9.22 Å². The van der Waals surface area contributed by atoms with E-state index in [1.807, 2.05) is 13.1 Å². The Hall–Kier alpha value is -1.67. The third-order valence-electron chi connectivity index (χ3n) is 8.73. The molecular weight excluding hydrogens is 430 g/mol. The van der Waals surface area contributed by atoms with E-state index in [0.29, 0.717) is 33.9 Å². The van der Waals surface area contributed by atoms with E-state index in [1.54, 1.807) is 6.07 Å². The molecule has 3 atom stereocenters. The molecule has 0 radical (unpaired) electrons. The number of piperidine rings is 6. The highest BCUT2D eigenvalue weighted by atomic mass is 35.5. The number of hydrogen-bond acceptors (Lipinski definition) is 6. The molecule has 3 unspecified atom stereocenters. The first-order chi connectivity index (χ1) is 15.4. The minimum absolute atomic E-state index is 0.0218. The maximum atomic E-state index is 13.3. The van der Waals surface area contributed by atoms with Gasteiger partial charge in [-0.15, -0.1) is 0 Å². The molecule has 1 amide bonds. The number of carbonyl (C=O) groups is 2. The Morgan fingerprint density at radius 1 is 1.16 bits per heavy atom. The highest BCUT2D eigenvalue weighted by Gasteiger charge is 2.54. The van der Waals surface area contributed by atoms with Crippen molar-refractivity contribution in [3.63, 3.8) is 0 Å². The highest BCUT2D eigenvalue weighted by Crippen LogP contribution is 2.47. The number of esters is 1. The van der Waals surface area contributed by atoms with E-state index < -0.39 is 5.97 Å². The first-order valence-corrected chi connectivity index (χ1v) is 12.3. The zero-order valence-corrected chi connectivity index (χ0v) is 19.4. The zero-order valence-electron chi connectivity index (χ0n) is 18.6. The van der Waals surface area contributed by atoms with Gasteiger partial charge >= 0.3 is 11.9 Å². The van der Waals surface area contributed by atoms with E-state index in [0.717, 1.165) is 52.0 Å². The molecule has 7 aliphatic heterocycles. The molecule has 1 aromatic carbocycles. The highest BCUT2D eigenvalue weighted by molar-refractivity contribution is 6.31. The van der Waals surface area contributed by atoms with Crippen molar-refractivity contribution < 1.29 is 19.1 Å². The van der Waals surface area contributed by atoms with Crippen LogP contribution in [0, 0.1) is 11.8 Å². The third-order valence-corrected chi connectivity index (χ3v) is 8.95. The second-order valence-corrected chi connectivity index (χ2v) is 10.8. The van der Waals surface area contributed by atoms with Crippen LogP contribution in [0.25, 0.3) is 0 Å². The molecule has 6 saturated heterocycles. The molecule has 172 valence electrons. The predicted molar refractivity (Wildman–Crippen MR) is 121 cm³/mol. The summed E-state index contributed by atoms with van der Waals surface area (Å²) in [7, 11) is 1.98. The Balaban J connectivity index is 1.35. The van der Waals surface area contributed by atoms with E-state index in [1.165, 1.54) is 12.8 Å².